The first kappa shape index (κ1) is 19.9. The molecule has 3 heterocycles. The van der Waals surface area contributed by atoms with E-state index in [1.54, 1.807) is 30.6 Å². The summed E-state index contributed by atoms with van der Waals surface area (Å²) < 4.78 is 13.6. The molecule has 0 aromatic carbocycles. The second kappa shape index (κ2) is 9.91. The van der Waals surface area contributed by atoms with Crippen molar-refractivity contribution in [1.82, 2.24) is 15.6 Å². The summed E-state index contributed by atoms with van der Waals surface area (Å²) in [5.41, 5.74) is 0.396. The summed E-state index contributed by atoms with van der Waals surface area (Å²) in [6.45, 7) is 2.38. The minimum atomic E-state index is -0.301. The minimum absolute atomic E-state index is 0. The van der Waals surface area contributed by atoms with E-state index < -0.39 is 0 Å². The van der Waals surface area contributed by atoms with Crippen LogP contribution in [0.25, 0.3) is 0 Å². The van der Waals surface area contributed by atoms with Crippen molar-refractivity contribution in [3.05, 3.63) is 47.4 Å². The van der Waals surface area contributed by atoms with Crippen molar-refractivity contribution in [2.24, 2.45) is 4.99 Å². The largest absolute Gasteiger partial charge is 0.363 e. The number of hydrogen-bond donors (Lipinski definition) is 2. The number of halogens is 2. The van der Waals surface area contributed by atoms with E-state index in [1.807, 2.05) is 0 Å². The second-order valence-electron chi connectivity index (χ2n) is 5.71. The van der Waals surface area contributed by atoms with Gasteiger partial charge >= 0.3 is 0 Å². The fourth-order valence-corrected chi connectivity index (χ4v) is 3.58. The van der Waals surface area contributed by atoms with E-state index in [4.69, 9.17) is 0 Å². The molecule has 1 aliphatic heterocycles. The molecular formula is C17H23FIN5S. The Hall–Kier alpha value is -1.42. The van der Waals surface area contributed by atoms with E-state index in [-0.39, 0.29) is 29.8 Å². The summed E-state index contributed by atoms with van der Waals surface area (Å²) in [6.07, 6.45) is 3.70. The van der Waals surface area contributed by atoms with Gasteiger partial charge in [0.1, 0.15) is 5.82 Å². The van der Waals surface area contributed by atoms with Crippen LogP contribution in [0, 0.1) is 5.82 Å². The number of rotatable bonds is 4. The molecule has 2 N–H and O–H groups in total. The number of pyridine rings is 1. The molecule has 1 aliphatic rings. The quantitative estimate of drug-likeness (QED) is 0.405. The lowest BCUT2D eigenvalue weighted by Crippen LogP contribution is -2.48. The van der Waals surface area contributed by atoms with E-state index in [9.17, 15) is 4.39 Å². The predicted octanol–water partition coefficient (Wildman–Crippen LogP) is 3.23. The maximum atomic E-state index is 13.6. The van der Waals surface area contributed by atoms with Crippen LogP contribution in [0.1, 0.15) is 18.5 Å². The lowest BCUT2D eigenvalue weighted by Gasteiger charge is -2.33. The Bertz CT molecular complexity index is 671. The van der Waals surface area contributed by atoms with Gasteiger partial charge in [0.05, 0.1) is 17.2 Å². The van der Waals surface area contributed by atoms with E-state index in [1.165, 1.54) is 11.1 Å². The zero-order valence-electron chi connectivity index (χ0n) is 14.1. The van der Waals surface area contributed by atoms with Gasteiger partial charge in [0, 0.05) is 32.4 Å². The third-order valence-corrected chi connectivity index (χ3v) is 5.06. The van der Waals surface area contributed by atoms with Gasteiger partial charge in [0.25, 0.3) is 0 Å². The highest BCUT2D eigenvalue weighted by Crippen LogP contribution is 2.24. The molecule has 0 spiro atoms. The van der Waals surface area contributed by atoms with Crippen molar-refractivity contribution in [1.29, 1.82) is 0 Å². The molecule has 0 amide bonds. The van der Waals surface area contributed by atoms with Crippen molar-refractivity contribution in [3.8, 4) is 0 Å². The molecule has 3 rings (SSSR count). The standard InChI is InChI=1S/C17H22FN5S.HI/c1-19-17(21-12-15-14(18)4-2-8-20-15)22-13-6-9-23(10-7-13)16-5-3-11-24-16;/h2-5,8,11,13H,6-7,9-10,12H2,1H3,(H2,19,21,22);1H. The number of aliphatic imine (C=N–C) groups is 1. The molecule has 8 heteroatoms. The van der Waals surface area contributed by atoms with Crippen LogP contribution in [0.4, 0.5) is 9.39 Å². The number of anilines is 1. The molecule has 1 saturated heterocycles. The highest BCUT2D eigenvalue weighted by Gasteiger charge is 2.20. The molecule has 2 aromatic heterocycles. The van der Waals surface area contributed by atoms with Crippen LogP contribution in [0.5, 0.6) is 0 Å². The lowest BCUT2D eigenvalue weighted by molar-refractivity contribution is 0.462. The van der Waals surface area contributed by atoms with E-state index >= 15 is 0 Å². The van der Waals surface area contributed by atoms with Crippen LogP contribution < -0.4 is 15.5 Å². The summed E-state index contributed by atoms with van der Waals surface area (Å²) >= 11 is 1.78. The molecule has 0 unspecified atom stereocenters. The predicted molar refractivity (Wildman–Crippen MR) is 112 cm³/mol. The fourth-order valence-electron chi connectivity index (χ4n) is 2.80. The Morgan fingerprint density at radius 1 is 1.36 bits per heavy atom. The first-order chi connectivity index (χ1) is 11.8. The Labute approximate surface area is 168 Å². The normalized spacial score (nSPS) is 15.6. The summed E-state index contributed by atoms with van der Waals surface area (Å²) in [5, 5.41) is 10.0. The van der Waals surface area contributed by atoms with Crippen LogP contribution >= 0.6 is 35.3 Å². The summed E-state index contributed by atoms with van der Waals surface area (Å²) in [6, 6.07) is 7.64. The lowest BCUT2D eigenvalue weighted by atomic mass is 10.1. The van der Waals surface area contributed by atoms with Gasteiger partial charge in [-0.3, -0.25) is 9.98 Å². The van der Waals surface area contributed by atoms with Crippen molar-refractivity contribution in [2.45, 2.75) is 25.4 Å². The highest BCUT2D eigenvalue weighted by molar-refractivity contribution is 14.0. The molecule has 0 radical (unpaired) electrons. The monoisotopic (exact) mass is 475 g/mol. The van der Waals surface area contributed by atoms with Crippen molar-refractivity contribution >= 4 is 46.3 Å². The van der Waals surface area contributed by atoms with Gasteiger partial charge in [-0.15, -0.1) is 35.3 Å². The van der Waals surface area contributed by atoms with Crippen LogP contribution in [-0.4, -0.2) is 37.1 Å². The number of thiophene rings is 1. The summed E-state index contributed by atoms with van der Waals surface area (Å²) in [5.74, 6) is 0.388. The first-order valence-corrected chi connectivity index (χ1v) is 8.99. The van der Waals surface area contributed by atoms with Gasteiger partial charge in [-0.25, -0.2) is 4.39 Å². The molecular weight excluding hydrogens is 452 g/mol. The molecule has 5 nitrogen and oxygen atoms in total. The number of hydrogen-bond acceptors (Lipinski definition) is 4. The van der Waals surface area contributed by atoms with E-state index in [2.05, 4.69) is 43.0 Å². The fraction of sp³-hybridized carbons (Fsp3) is 0.412. The Kier molecular flexibility index (Phi) is 7.89. The zero-order chi connectivity index (χ0) is 16.8. The SMILES string of the molecule is CN=C(NCc1ncccc1F)NC1CCN(c2cccs2)CC1.I. The zero-order valence-corrected chi connectivity index (χ0v) is 17.3. The van der Waals surface area contributed by atoms with Gasteiger partial charge in [0.15, 0.2) is 5.96 Å². The van der Waals surface area contributed by atoms with Gasteiger partial charge in [-0.2, -0.15) is 0 Å². The average Bonchev–Trinajstić information content (AvgIpc) is 3.15. The summed E-state index contributed by atoms with van der Waals surface area (Å²) in [4.78, 5) is 10.7. The number of nitrogens with one attached hydrogen (secondary N) is 2. The molecule has 2 aromatic rings. The maximum Gasteiger partial charge on any atom is 0.191 e. The number of piperidine rings is 1. The van der Waals surface area contributed by atoms with Gasteiger partial charge in [0.2, 0.25) is 0 Å². The van der Waals surface area contributed by atoms with Crippen LogP contribution in [0.3, 0.4) is 0 Å². The average molecular weight is 475 g/mol. The molecule has 1 fully saturated rings. The third kappa shape index (κ3) is 5.53. The number of nitrogens with zero attached hydrogens (tertiary/aromatic N) is 3. The van der Waals surface area contributed by atoms with Crippen molar-refractivity contribution in [3.63, 3.8) is 0 Å². The Morgan fingerprint density at radius 2 is 2.16 bits per heavy atom. The Balaban J connectivity index is 0.00000225. The highest BCUT2D eigenvalue weighted by atomic mass is 127. The van der Waals surface area contributed by atoms with Crippen molar-refractivity contribution in [2.75, 3.05) is 25.0 Å². The van der Waals surface area contributed by atoms with E-state index in [0.29, 0.717) is 24.2 Å². The molecule has 0 aliphatic carbocycles. The third-order valence-electron chi connectivity index (χ3n) is 4.14. The smallest absolute Gasteiger partial charge is 0.191 e. The van der Waals surface area contributed by atoms with Gasteiger partial charge in [-0.1, -0.05) is 0 Å². The maximum absolute atomic E-state index is 13.6. The molecule has 136 valence electrons. The minimum Gasteiger partial charge on any atom is -0.363 e. The summed E-state index contributed by atoms with van der Waals surface area (Å²) in [7, 11) is 1.73. The molecule has 0 bridgehead atoms. The van der Waals surface area contributed by atoms with Crippen molar-refractivity contribution < 1.29 is 4.39 Å². The van der Waals surface area contributed by atoms with Crippen LogP contribution in [-0.2, 0) is 6.54 Å². The molecule has 0 saturated carbocycles. The number of aromatic nitrogens is 1. The topological polar surface area (TPSA) is 52.6 Å². The van der Waals surface area contributed by atoms with Gasteiger partial charge < -0.3 is 15.5 Å². The molecule has 0 atom stereocenters. The Morgan fingerprint density at radius 3 is 2.80 bits per heavy atom. The first-order valence-electron chi connectivity index (χ1n) is 8.11. The van der Waals surface area contributed by atoms with Crippen LogP contribution in [0.2, 0.25) is 0 Å². The second-order valence-corrected chi connectivity index (χ2v) is 6.64. The van der Waals surface area contributed by atoms with E-state index in [0.717, 1.165) is 25.9 Å². The number of guanidine groups is 1. The molecule has 25 heavy (non-hydrogen) atoms. The van der Waals surface area contributed by atoms with Gasteiger partial charge in [-0.05, 0) is 42.5 Å². The van der Waals surface area contributed by atoms with Crippen LogP contribution in [0.15, 0.2) is 40.8 Å².